The maximum atomic E-state index is 11.1. The predicted molar refractivity (Wildman–Crippen MR) is 77.4 cm³/mol. The van der Waals surface area contributed by atoms with Gasteiger partial charge in [0.1, 0.15) is 5.75 Å². The zero-order valence-electron chi connectivity index (χ0n) is 12.2. The quantitative estimate of drug-likeness (QED) is 0.876. The first kappa shape index (κ1) is 14.4. The molecule has 0 saturated carbocycles. The Morgan fingerprint density at radius 3 is 2.74 bits per heavy atom. The number of aryl methyl sites for hydroxylation is 1. The van der Waals surface area contributed by atoms with Crippen LogP contribution in [0, 0.1) is 5.41 Å². The van der Waals surface area contributed by atoms with E-state index in [1.165, 1.54) is 11.1 Å². The van der Waals surface area contributed by atoms with Crippen LogP contribution >= 0.6 is 0 Å². The molecule has 1 aliphatic rings. The highest BCUT2D eigenvalue weighted by atomic mass is 16.5. The van der Waals surface area contributed by atoms with Crippen LogP contribution in [0.15, 0.2) is 18.2 Å². The molecule has 0 radical (unpaired) electrons. The van der Waals surface area contributed by atoms with Gasteiger partial charge in [-0.1, -0.05) is 19.9 Å². The lowest BCUT2D eigenvalue weighted by molar-refractivity contribution is -0.0836. The van der Waals surface area contributed by atoms with E-state index in [0.717, 1.165) is 25.0 Å². The Kier molecular flexibility index (Phi) is 3.88. The van der Waals surface area contributed by atoms with Crippen LogP contribution in [0.3, 0.4) is 0 Å². The summed E-state index contributed by atoms with van der Waals surface area (Å²) in [5.41, 5.74) is 7.50. The van der Waals surface area contributed by atoms with Crippen molar-refractivity contribution < 1.29 is 9.84 Å². The van der Waals surface area contributed by atoms with Crippen LogP contribution in [0.25, 0.3) is 0 Å². The van der Waals surface area contributed by atoms with Crippen molar-refractivity contribution >= 4 is 0 Å². The Bertz CT molecular complexity index is 454. The van der Waals surface area contributed by atoms with E-state index >= 15 is 0 Å². The SMILES string of the molecule is CCC(C)(CN)C1(O)CCc2ccc(OC)cc2C1. The van der Waals surface area contributed by atoms with Gasteiger partial charge < -0.3 is 15.6 Å². The highest BCUT2D eigenvalue weighted by Crippen LogP contribution is 2.43. The number of fused-ring (bicyclic) bond motifs is 1. The van der Waals surface area contributed by atoms with Crippen molar-refractivity contribution in [1.29, 1.82) is 0 Å². The monoisotopic (exact) mass is 263 g/mol. The van der Waals surface area contributed by atoms with Crippen molar-refractivity contribution in [2.45, 2.75) is 45.1 Å². The lowest BCUT2D eigenvalue weighted by atomic mass is 9.63. The topological polar surface area (TPSA) is 55.5 Å². The number of rotatable bonds is 4. The van der Waals surface area contributed by atoms with Crippen molar-refractivity contribution in [1.82, 2.24) is 0 Å². The van der Waals surface area contributed by atoms with Crippen molar-refractivity contribution in [2.75, 3.05) is 13.7 Å². The van der Waals surface area contributed by atoms with Gasteiger partial charge in [0.15, 0.2) is 0 Å². The Hall–Kier alpha value is -1.06. The van der Waals surface area contributed by atoms with Gasteiger partial charge in [-0.15, -0.1) is 0 Å². The molecule has 2 rings (SSSR count). The summed E-state index contributed by atoms with van der Waals surface area (Å²) in [5.74, 6) is 0.856. The predicted octanol–water partition coefficient (Wildman–Crippen LogP) is 2.29. The van der Waals surface area contributed by atoms with E-state index in [9.17, 15) is 5.11 Å². The average Bonchev–Trinajstić information content (AvgIpc) is 2.45. The Morgan fingerprint density at radius 2 is 2.16 bits per heavy atom. The second-order valence-electron chi connectivity index (χ2n) is 5.96. The minimum Gasteiger partial charge on any atom is -0.497 e. The Balaban J connectivity index is 2.34. The average molecular weight is 263 g/mol. The maximum absolute atomic E-state index is 11.1. The van der Waals surface area contributed by atoms with E-state index in [0.29, 0.717) is 13.0 Å². The van der Waals surface area contributed by atoms with E-state index in [2.05, 4.69) is 19.9 Å². The molecule has 0 aromatic heterocycles. The summed E-state index contributed by atoms with van der Waals surface area (Å²) in [4.78, 5) is 0. The van der Waals surface area contributed by atoms with Gasteiger partial charge in [-0.25, -0.2) is 0 Å². The molecule has 2 atom stereocenters. The van der Waals surface area contributed by atoms with E-state index in [-0.39, 0.29) is 5.41 Å². The molecule has 0 spiro atoms. The zero-order chi connectivity index (χ0) is 14.1. The Labute approximate surface area is 115 Å². The normalized spacial score (nSPS) is 25.5. The fourth-order valence-corrected chi connectivity index (χ4v) is 3.06. The van der Waals surface area contributed by atoms with Crippen LogP contribution < -0.4 is 10.5 Å². The number of hydrogen-bond donors (Lipinski definition) is 2. The fourth-order valence-electron chi connectivity index (χ4n) is 3.06. The van der Waals surface area contributed by atoms with E-state index < -0.39 is 5.60 Å². The standard InChI is InChI=1S/C16H25NO2/c1-4-15(2,11-17)16(18)8-7-12-5-6-14(19-3)9-13(12)10-16/h5-6,9,18H,4,7-8,10-11,17H2,1-3H3. The van der Waals surface area contributed by atoms with Gasteiger partial charge in [0.25, 0.3) is 0 Å². The molecular weight excluding hydrogens is 238 g/mol. The molecule has 1 aliphatic carbocycles. The van der Waals surface area contributed by atoms with Crippen LogP contribution in [0.1, 0.15) is 37.8 Å². The molecule has 2 unspecified atom stereocenters. The van der Waals surface area contributed by atoms with Gasteiger partial charge in [-0.2, -0.15) is 0 Å². The first-order valence-electron chi connectivity index (χ1n) is 7.06. The van der Waals surface area contributed by atoms with Gasteiger partial charge in [0, 0.05) is 18.4 Å². The summed E-state index contributed by atoms with van der Waals surface area (Å²) in [6, 6.07) is 6.15. The van der Waals surface area contributed by atoms with Gasteiger partial charge in [-0.3, -0.25) is 0 Å². The number of nitrogens with two attached hydrogens (primary N) is 1. The van der Waals surface area contributed by atoms with Gasteiger partial charge >= 0.3 is 0 Å². The highest BCUT2D eigenvalue weighted by Gasteiger charge is 2.46. The van der Waals surface area contributed by atoms with Crippen molar-refractivity contribution in [3.63, 3.8) is 0 Å². The number of ether oxygens (including phenoxy) is 1. The van der Waals surface area contributed by atoms with Gasteiger partial charge in [0.2, 0.25) is 0 Å². The van der Waals surface area contributed by atoms with Crippen LogP contribution in [-0.4, -0.2) is 24.4 Å². The Morgan fingerprint density at radius 1 is 1.42 bits per heavy atom. The van der Waals surface area contributed by atoms with Crippen molar-refractivity contribution in [2.24, 2.45) is 11.1 Å². The summed E-state index contributed by atoms with van der Waals surface area (Å²) >= 11 is 0. The number of methoxy groups -OCH3 is 1. The lowest BCUT2D eigenvalue weighted by Gasteiger charge is -2.47. The second kappa shape index (κ2) is 5.14. The molecule has 3 N–H and O–H groups in total. The van der Waals surface area contributed by atoms with E-state index in [1.807, 2.05) is 12.1 Å². The summed E-state index contributed by atoms with van der Waals surface area (Å²) in [5, 5.41) is 11.1. The first-order valence-corrected chi connectivity index (χ1v) is 7.06. The van der Waals surface area contributed by atoms with E-state index in [1.54, 1.807) is 7.11 Å². The number of benzene rings is 1. The molecule has 0 bridgehead atoms. The molecule has 3 nitrogen and oxygen atoms in total. The first-order chi connectivity index (χ1) is 8.98. The van der Waals surface area contributed by atoms with Crippen molar-refractivity contribution in [3.8, 4) is 5.75 Å². The van der Waals surface area contributed by atoms with Gasteiger partial charge in [-0.05, 0) is 42.5 Å². The third-order valence-corrected chi connectivity index (χ3v) is 5.06. The molecule has 19 heavy (non-hydrogen) atoms. The van der Waals surface area contributed by atoms with Crippen LogP contribution in [-0.2, 0) is 12.8 Å². The zero-order valence-corrected chi connectivity index (χ0v) is 12.2. The third kappa shape index (κ3) is 2.37. The van der Waals surface area contributed by atoms with Crippen molar-refractivity contribution in [3.05, 3.63) is 29.3 Å². The smallest absolute Gasteiger partial charge is 0.119 e. The summed E-state index contributed by atoms with van der Waals surface area (Å²) in [7, 11) is 1.67. The minimum atomic E-state index is -0.712. The molecule has 1 aromatic carbocycles. The molecular formula is C16H25NO2. The largest absolute Gasteiger partial charge is 0.497 e. The lowest BCUT2D eigenvalue weighted by Crippen LogP contribution is -2.53. The summed E-state index contributed by atoms with van der Waals surface area (Å²) < 4.78 is 5.28. The van der Waals surface area contributed by atoms with Crippen LogP contribution in [0.2, 0.25) is 0 Å². The van der Waals surface area contributed by atoms with Crippen LogP contribution in [0.4, 0.5) is 0 Å². The highest BCUT2D eigenvalue weighted by molar-refractivity contribution is 5.39. The second-order valence-corrected chi connectivity index (χ2v) is 5.96. The molecule has 3 heteroatoms. The van der Waals surface area contributed by atoms with Crippen LogP contribution in [0.5, 0.6) is 5.75 Å². The maximum Gasteiger partial charge on any atom is 0.119 e. The fraction of sp³-hybridized carbons (Fsp3) is 0.625. The molecule has 106 valence electrons. The number of aliphatic hydroxyl groups is 1. The third-order valence-electron chi connectivity index (χ3n) is 5.06. The summed E-state index contributed by atoms with van der Waals surface area (Å²) in [6.07, 6.45) is 3.25. The molecule has 0 aliphatic heterocycles. The summed E-state index contributed by atoms with van der Waals surface area (Å²) in [6.45, 7) is 4.71. The molecule has 0 amide bonds. The molecule has 1 aromatic rings. The number of hydrogen-bond acceptors (Lipinski definition) is 3. The molecule has 0 saturated heterocycles. The molecule has 0 fully saturated rings. The van der Waals surface area contributed by atoms with Gasteiger partial charge in [0.05, 0.1) is 12.7 Å². The molecule has 0 heterocycles. The minimum absolute atomic E-state index is 0.228. The van der Waals surface area contributed by atoms with E-state index in [4.69, 9.17) is 10.5 Å².